The fraction of sp³-hybridized carbons (Fsp3) is 0.550. The molecule has 3 aliphatic heterocycles. The van der Waals surface area contributed by atoms with E-state index < -0.39 is 81.2 Å². The zero-order valence-corrected chi connectivity index (χ0v) is 25.3. The molecule has 3 saturated heterocycles. The molecule has 6 heterocycles. The number of primary amides is 1. The van der Waals surface area contributed by atoms with Gasteiger partial charge in [0.15, 0.2) is 23.9 Å². The van der Waals surface area contributed by atoms with Crippen LogP contribution in [0.25, 0.3) is 11.2 Å². The summed E-state index contributed by atoms with van der Waals surface area (Å²) in [5.41, 5.74) is 11.5. The van der Waals surface area contributed by atoms with Crippen molar-refractivity contribution in [1.82, 2.24) is 29.7 Å². The Hall–Kier alpha value is -2.13. The number of imidazole rings is 1. The average Bonchev–Trinajstić information content (AvgIpc) is 3.70. The Kier molecular flexibility index (Phi) is 8.15. The average molecular weight is 683 g/mol. The van der Waals surface area contributed by atoms with Crippen molar-refractivity contribution in [2.45, 2.75) is 62.1 Å². The Bertz CT molecular complexity index is 1650. The molecule has 7 N–H and O–H groups in total. The van der Waals surface area contributed by atoms with Crippen LogP contribution in [-0.4, -0.2) is 95.0 Å². The number of alkyl halides is 1. The molecule has 2 unspecified atom stereocenters. The summed E-state index contributed by atoms with van der Waals surface area (Å²) >= 11 is 9.24. The Labute approximate surface area is 251 Å². The molecule has 0 saturated carbocycles. The van der Waals surface area contributed by atoms with Crippen LogP contribution in [0.5, 0.6) is 0 Å². The van der Waals surface area contributed by atoms with Gasteiger partial charge in [-0.05, 0) is 24.8 Å². The number of H-pyrrole nitrogens is 1. The molecule has 0 aromatic carbocycles. The van der Waals surface area contributed by atoms with E-state index in [4.69, 9.17) is 50.8 Å². The van der Waals surface area contributed by atoms with Gasteiger partial charge in [0.2, 0.25) is 0 Å². The van der Waals surface area contributed by atoms with Gasteiger partial charge < -0.3 is 35.5 Å². The molecule has 43 heavy (non-hydrogen) atoms. The van der Waals surface area contributed by atoms with Crippen LogP contribution in [0.15, 0.2) is 18.7 Å². The summed E-state index contributed by atoms with van der Waals surface area (Å²) in [6, 6.07) is 1.26. The Morgan fingerprint density at radius 1 is 1.23 bits per heavy atom. The van der Waals surface area contributed by atoms with Gasteiger partial charge in [0, 0.05) is 0 Å². The largest absolute Gasteiger partial charge is 0.387 e. The van der Waals surface area contributed by atoms with Crippen molar-refractivity contribution in [3.63, 3.8) is 0 Å². The lowest BCUT2D eigenvalue weighted by Crippen LogP contribution is -2.38. The van der Waals surface area contributed by atoms with Crippen molar-refractivity contribution in [1.29, 1.82) is 0 Å². The van der Waals surface area contributed by atoms with Gasteiger partial charge in [-0.25, -0.2) is 23.9 Å². The van der Waals surface area contributed by atoms with E-state index in [-0.39, 0.29) is 28.4 Å². The number of hydrogen-bond donors (Lipinski definition) is 6. The van der Waals surface area contributed by atoms with Crippen LogP contribution in [0.3, 0.4) is 0 Å². The summed E-state index contributed by atoms with van der Waals surface area (Å²) in [4.78, 5) is 34.7. The van der Waals surface area contributed by atoms with Crippen molar-refractivity contribution in [2.24, 2.45) is 5.73 Å². The summed E-state index contributed by atoms with van der Waals surface area (Å²) in [6.45, 7) is -7.84. The second kappa shape index (κ2) is 11.3. The van der Waals surface area contributed by atoms with Gasteiger partial charge in [0.25, 0.3) is 5.91 Å². The number of amides is 1. The standard InChI is InChI=1S/C20H25FN8O10P2S2/c1-6-13-15(10(21)20(36-13)29-5-26-11-17(22)24-4-25-19(11)29)38-40(32,42)34-3-9-12(30)16(39-41(33,43)37-6)14(35-9)7-2-8(18(23)31)28-27-7/h2,4-6,9-10,12-16,20,30H,3H2,1H3,(H2,23,31)(H,27,28)(H,32,42)(H,33,43)(H2,22,24,25)/t6-,9-,10-,12-,13-,14+,15+,16-,20-,40?,41?/m1/s1. The number of aliphatic hydroxyl groups is 1. The van der Waals surface area contributed by atoms with Gasteiger partial charge in [-0.3, -0.25) is 28.0 Å². The van der Waals surface area contributed by atoms with E-state index in [0.29, 0.717) is 0 Å². The molecule has 234 valence electrons. The van der Waals surface area contributed by atoms with E-state index in [1.54, 1.807) is 0 Å². The number of nitrogens with one attached hydrogen (secondary N) is 1. The van der Waals surface area contributed by atoms with E-state index in [2.05, 4.69) is 37.4 Å². The molecule has 3 aliphatic rings. The van der Waals surface area contributed by atoms with Crippen LogP contribution in [0, 0.1) is 0 Å². The number of nitrogens with zero attached hydrogens (tertiary/aromatic N) is 5. The third kappa shape index (κ3) is 5.85. The summed E-state index contributed by atoms with van der Waals surface area (Å²) in [6.07, 6.45) is -10.7. The SMILES string of the molecule is C[C@H]1OP(O)(=S)O[C@@H]2[C@H](O)[C@@H](COP(=O)(S)O[C@H]3[C@@H](F)[C@H](n4cnc5c(N)ncnc54)O[C@@H]31)O[C@H]2c1cc(C(N)=O)n[nH]1. The lowest BCUT2D eigenvalue weighted by Gasteiger charge is -2.30. The Balaban J connectivity index is 1.32. The molecule has 3 fully saturated rings. The van der Waals surface area contributed by atoms with Crippen molar-refractivity contribution in [3.05, 3.63) is 30.1 Å². The molecule has 3 aromatic heterocycles. The van der Waals surface area contributed by atoms with Gasteiger partial charge in [0.05, 0.1) is 24.7 Å². The zero-order chi connectivity index (χ0) is 30.8. The molecule has 11 atom stereocenters. The molecule has 6 rings (SSSR count). The monoisotopic (exact) mass is 682 g/mol. The van der Waals surface area contributed by atoms with Gasteiger partial charge in [-0.2, -0.15) is 5.10 Å². The molecular weight excluding hydrogens is 657 g/mol. The number of anilines is 1. The minimum Gasteiger partial charge on any atom is -0.387 e. The third-order valence-corrected chi connectivity index (χ3v) is 10.3. The highest BCUT2D eigenvalue weighted by atomic mass is 32.7. The number of rotatable bonds is 3. The van der Waals surface area contributed by atoms with E-state index in [0.717, 1.165) is 0 Å². The Morgan fingerprint density at radius 3 is 2.72 bits per heavy atom. The van der Waals surface area contributed by atoms with Crippen molar-refractivity contribution in [2.75, 3.05) is 12.3 Å². The van der Waals surface area contributed by atoms with Crippen LogP contribution in [0.1, 0.15) is 35.4 Å². The second-order valence-corrected chi connectivity index (χ2v) is 15.5. The van der Waals surface area contributed by atoms with Gasteiger partial charge in [0.1, 0.15) is 54.2 Å². The number of carbonyl (C=O) groups excluding carboxylic acids is 1. The number of aromatic nitrogens is 6. The molecular formula is C20H25FN8O10P2S2. The van der Waals surface area contributed by atoms with Gasteiger partial charge in [-0.15, -0.1) is 0 Å². The van der Waals surface area contributed by atoms with Crippen molar-refractivity contribution < 1.29 is 51.3 Å². The zero-order valence-electron chi connectivity index (χ0n) is 21.8. The number of fused-ring (bicyclic) bond motifs is 4. The highest BCUT2D eigenvalue weighted by molar-refractivity contribution is 8.44. The number of aliphatic hydroxyl groups excluding tert-OH is 1. The fourth-order valence-electron chi connectivity index (χ4n) is 5.08. The molecule has 0 spiro atoms. The first-order chi connectivity index (χ1) is 20.2. The molecule has 1 amide bonds. The summed E-state index contributed by atoms with van der Waals surface area (Å²) in [5.74, 6) is -0.786. The van der Waals surface area contributed by atoms with E-state index in [1.807, 2.05) is 0 Å². The maximum atomic E-state index is 16.1. The predicted octanol–water partition coefficient (Wildman–Crippen LogP) is 0.427. The normalized spacial score (nSPS) is 40.4. The first-order valence-electron chi connectivity index (χ1n) is 12.5. The first-order valence-corrected chi connectivity index (χ1v) is 17.8. The van der Waals surface area contributed by atoms with Crippen LogP contribution in [0.2, 0.25) is 0 Å². The quantitative estimate of drug-likeness (QED) is 0.162. The minimum absolute atomic E-state index is 0.0531. The number of aromatic amines is 1. The maximum Gasteiger partial charge on any atom is 0.386 e. The summed E-state index contributed by atoms with van der Waals surface area (Å²) in [5, 5.41) is 17.4. The van der Waals surface area contributed by atoms with Gasteiger partial charge >= 0.3 is 13.5 Å². The van der Waals surface area contributed by atoms with Crippen molar-refractivity contribution >= 4 is 60.5 Å². The van der Waals surface area contributed by atoms with Gasteiger partial charge in [-0.1, -0.05) is 12.2 Å². The minimum atomic E-state index is -4.38. The highest BCUT2D eigenvalue weighted by Crippen LogP contribution is 2.59. The molecule has 0 aliphatic carbocycles. The number of halogens is 1. The van der Waals surface area contributed by atoms with Crippen molar-refractivity contribution in [3.8, 4) is 0 Å². The van der Waals surface area contributed by atoms with Crippen LogP contribution in [-0.2, 0) is 43.9 Å². The third-order valence-electron chi connectivity index (χ3n) is 7.04. The number of ether oxygens (including phenoxy) is 2. The Morgan fingerprint density at radius 2 is 2.00 bits per heavy atom. The fourth-order valence-corrected chi connectivity index (χ4v) is 8.38. The maximum absolute atomic E-state index is 16.1. The molecule has 23 heteroatoms. The molecule has 2 bridgehead atoms. The predicted molar refractivity (Wildman–Crippen MR) is 149 cm³/mol. The summed E-state index contributed by atoms with van der Waals surface area (Å²) < 4.78 is 64.8. The van der Waals surface area contributed by atoms with E-state index in [1.165, 1.54) is 30.2 Å². The number of nitrogens with two attached hydrogens (primary N) is 2. The van der Waals surface area contributed by atoms with Crippen LogP contribution in [0.4, 0.5) is 10.2 Å². The second-order valence-electron chi connectivity index (χ2n) is 9.86. The van der Waals surface area contributed by atoms with E-state index >= 15 is 4.39 Å². The number of hydrogen-bond acceptors (Lipinski definition) is 15. The molecule has 3 aromatic rings. The first kappa shape index (κ1) is 30.9. The molecule has 0 radical (unpaired) electrons. The smallest absolute Gasteiger partial charge is 0.386 e. The lowest BCUT2D eigenvalue weighted by molar-refractivity contribution is -0.0742. The van der Waals surface area contributed by atoms with E-state index in [9.17, 15) is 19.4 Å². The molecule has 18 nitrogen and oxygen atoms in total. The highest BCUT2D eigenvalue weighted by Gasteiger charge is 2.55. The lowest BCUT2D eigenvalue weighted by atomic mass is 10.1. The topological polar surface area (TPSA) is 254 Å². The van der Waals surface area contributed by atoms with Crippen LogP contribution < -0.4 is 11.5 Å². The number of nitrogen functional groups attached to an aromatic ring is 1. The summed E-state index contributed by atoms with van der Waals surface area (Å²) in [7, 11) is 0. The number of thiol groups is 1. The van der Waals surface area contributed by atoms with Crippen LogP contribution >= 0.6 is 25.8 Å². The number of carbonyl (C=O) groups is 1.